The van der Waals surface area contributed by atoms with Crippen LogP contribution in [-0.4, -0.2) is 40.2 Å². The molecule has 0 saturated heterocycles. The van der Waals surface area contributed by atoms with Gasteiger partial charge in [-0.2, -0.15) is 13.2 Å². The number of benzene rings is 2. The van der Waals surface area contributed by atoms with Crippen molar-refractivity contribution >= 4 is 28.6 Å². The van der Waals surface area contributed by atoms with Crippen LogP contribution in [0.25, 0.3) is 22.2 Å². The van der Waals surface area contributed by atoms with Crippen LogP contribution in [0.3, 0.4) is 0 Å². The number of halogens is 3. The van der Waals surface area contributed by atoms with Crippen LogP contribution in [-0.2, 0) is 12.6 Å². The molecule has 3 aromatic heterocycles. The number of aromatic nitrogens is 2. The number of ether oxygens (including phenoxy) is 1. The van der Waals surface area contributed by atoms with Gasteiger partial charge in [-0.15, -0.1) is 11.8 Å². The van der Waals surface area contributed by atoms with Crippen LogP contribution in [0, 0.1) is 0 Å². The molecule has 0 spiro atoms. The number of hydrogen-bond donors (Lipinski definition) is 1. The summed E-state index contributed by atoms with van der Waals surface area (Å²) in [6, 6.07) is 17.1. The van der Waals surface area contributed by atoms with Crippen molar-refractivity contribution in [3.63, 3.8) is 0 Å². The van der Waals surface area contributed by atoms with Crippen LogP contribution in [0.15, 0.2) is 82.4 Å². The normalized spacial score (nSPS) is 15.2. The smallest absolute Gasteiger partial charge is 0.417 e. The monoisotopic (exact) mass is 591 g/mol. The molecule has 1 atom stereocenters. The lowest BCUT2D eigenvalue weighted by Crippen LogP contribution is -2.40. The first-order chi connectivity index (χ1) is 20.3. The van der Waals surface area contributed by atoms with Gasteiger partial charge < -0.3 is 19.0 Å². The number of methoxy groups -OCH3 is 1. The molecule has 42 heavy (non-hydrogen) atoms. The van der Waals surface area contributed by atoms with E-state index in [-0.39, 0.29) is 17.2 Å². The zero-order valence-corrected chi connectivity index (χ0v) is 23.8. The maximum Gasteiger partial charge on any atom is 0.417 e. The predicted molar refractivity (Wildman–Crippen MR) is 156 cm³/mol. The molecule has 216 valence electrons. The molecule has 1 aliphatic heterocycles. The lowest BCUT2D eigenvalue weighted by molar-refractivity contribution is -0.137. The molecule has 0 fully saturated rings. The number of fused-ring (bicyclic) bond motifs is 3. The Morgan fingerprint density at radius 3 is 2.76 bits per heavy atom. The van der Waals surface area contributed by atoms with Crippen LogP contribution in [0.2, 0.25) is 0 Å². The predicted octanol–water partition coefficient (Wildman–Crippen LogP) is 8.14. The number of hydrogen-bond acceptors (Lipinski definition) is 5. The maximum atomic E-state index is 14.2. The molecule has 1 aliphatic rings. The standard InChI is InChI=1S/C32H28F3N3O3S/c1-3-17-42-30-22(8-6-15-36-30)31(39)38-16-14-20-23-18-19(40-2)10-11-25(23)37-28(20)29(38)27-13-12-26(41-27)21-7-4-5-9-24(21)32(33,34)35/h4-13,15,18,29,37H,3,14,16-17H2,1-2H3/t29-/m0/s1. The second-order valence-corrected chi connectivity index (χ2v) is 11.1. The lowest BCUT2D eigenvalue weighted by Gasteiger charge is -2.35. The van der Waals surface area contributed by atoms with E-state index in [0.29, 0.717) is 35.1 Å². The van der Waals surface area contributed by atoms with Crippen LogP contribution in [0.4, 0.5) is 13.2 Å². The topological polar surface area (TPSA) is 71.4 Å². The summed E-state index contributed by atoms with van der Waals surface area (Å²) in [5.74, 6) is 1.74. The Morgan fingerprint density at radius 2 is 1.98 bits per heavy atom. The molecule has 6 rings (SSSR count). The number of carbonyl (C=O) groups excluding carboxylic acids is 1. The van der Waals surface area contributed by atoms with E-state index in [1.165, 1.54) is 30.0 Å². The molecular weight excluding hydrogens is 563 g/mol. The zero-order valence-electron chi connectivity index (χ0n) is 23.0. The number of rotatable bonds is 7. The van der Waals surface area contributed by atoms with E-state index in [2.05, 4.69) is 16.9 Å². The van der Waals surface area contributed by atoms with Crippen LogP contribution < -0.4 is 4.74 Å². The Kier molecular flexibility index (Phi) is 7.49. The SMILES string of the molecule is CCCSc1ncccc1C(=O)N1CCc2c([nH]c3ccc(OC)cc23)[C@@H]1c1ccc(-c2ccccc2C(F)(F)F)o1. The van der Waals surface area contributed by atoms with Crippen molar-refractivity contribution in [2.45, 2.75) is 37.0 Å². The van der Waals surface area contributed by atoms with Gasteiger partial charge in [-0.05, 0) is 72.7 Å². The van der Waals surface area contributed by atoms with Gasteiger partial charge in [0.05, 0.1) is 23.9 Å². The molecule has 0 bridgehead atoms. The molecule has 1 N–H and O–H groups in total. The fourth-order valence-corrected chi connectivity index (χ4v) is 6.36. The quantitative estimate of drug-likeness (QED) is 0.194. The van der Waals surface area contributed by atoms with Crippen LogP contribution in [0.1, 0.15) is 52.3 Å². The van der Waals surface area contributed by atoms with E-state index in [1.54, 1.807) is 42.5 Å². The van der Waals surface area contributed by atoms with Crippen molar-refractivity contribution in [1.82, 2.24) is 14.9 Å². The molecule has 5 aromatic rings. The lowest BCUT2D eigenvalue weighted by atomic mass is 9.95. The summed E-state index contributed by atoms with van der Waals surface area (Å²) in [5, 5.41) is 1.62. The summed E-state index contributed by atoms with van der Waals surface area (Å²) in [5.41, 5.74) is 2.28. The molecule has 0 unspecified atom stereocenters. The molecule has 0 saturated carbocycles. The first-order valence-electron chi connectivity index (χ1n) is 13.6. The summed E-state index contributed by atoms with van der Waals surface area (Å²) in [6.45, 7) is 2.44. The Hall–Kier alpha value is -4.18. The number of nitrogens with zero attached hydrogens (tertiary/aromatic N) is 2. The van der Waals surface area contributed by atoms with Crippen molar-refractivity contribution in [3.05, 3.63) is 101 Å². The van der Waals surface area contributed by atoms with E-state index < -0.39 is 17.8 Å². The number of carbonyl (C=O) groups is 1. The van der Waals surface area contributed by atoms with Gasteiger partial charge in [-0.1, -0.05) is 25.1 Å². The zero-order chi connectivity index (χ0) is 29.4. The first kappa shape index (κ1) is 28.0. The minimum atomic E-state index is -4.55. The van der Waals surface area contributed by atoms with Gasteiger partial charge in [0.15, 0.2) is 0 Å². The largest absolute Gasteiger partial charge is 0.497 e. The van der Waals surface area contributed by atoms with Gasteiger partial charge in [0.2, 0.25) is 0 Å². The summed E-state index contributed by atoms with van der Waals surface area (Å²) in [6.07, 6.45) is -1.38. The molecule has 0 aliphatic carbocycles. The summed E-state index contributed by atoms with van der Waals surface area (Å²) >= 11 is 1.52. The number of aromatic amines is 1. The first-order valence-corrected chi connectivity index (χ1v) is 14.6. The Balaban J connectivity index is 1.48. The van der Waals surface area contributed by atoms with E-state index in [1.807, 2.05) is 18.2 Å². The average Bonchev–Trinajstić information content (AvgIpc) is 3.64. The van der Waals surface area contributed by atoms with Crippen molar-refractivity contribution in [2.24, 2.45) is 0 Å². The average molecular weight is 592 g/mol. The Bertz CT molecular complexity index is 1760. The van der Waals surface area contributed by atoms with E-state index >= 15 is 0 Å². The highest BCUT2D eigenvalue weighted by molar-refractivity contribution is 7.99. The molecule has 10 heteroatoms. The molecular formula is C32H28F3N3O3S. The van der Waals surface area contributed by atoms with Crippen molar-refractivity contribution in [3.8, 4) is 17.1 Å². The number of pyridine rings is 1. The molecule has 4 heterocycles. The van der Waals surface area contributed by atoms with E-state index in [9.17, 15) is 18.0 Å². The fraction of sp³-hybridized carbons (Fsp3) is 0.250. The minimum Gasteiger partial charge on any atom is -0.497 e. The highest BCUT2D eigenvalue weighted by Gasteiger charge is 2.39. The maximum absolute atomic E-state index is 14.2. The van der Waals surface area contributed by atoms with E-state index in [4.69, 9.17) is 9.15 Å². The highest BCUT2D eigenvalue weighted by Crippen LogP contribution is 2.43. The molecule has 0 radical (unpaired) electrons. The third-order valence-electron chi connectivity index (χ3n) is 7.43. The second-order valence-electron chi connectivity index (χ2n) is 10.0. The minimum absolute atomic E-state index is 0.0583. The van der Waals surface area contributed by atoms with Crippen molar-refractivity contribution in [2.75, 3.05) is 19.4 Å². The van der Waals surface area contributed by atoms with Gasteiger partial charge >= 0.3 is 6.18 Å². The summed E-state index contributed by atoms with van der Waals surface area (Å²) in [7, 11) is 1.61. The van der Waals surface area contributed by atoms with Gasteiger partial charge in [-0.3, -0.25) is 4.79 Å². The Morgan fingerprint density at radius 1 is 1.14 bits per heavy atom. The number of furan rings is 1. The third-order valence-corrected chi connectivity index (χ3v) is 8.64. The summed E-state index contributed by atoms with van der Waals surface area (Å²) < 4.78 is 53.2. The number of amides is 1. The van der Waals surface area contributed by atoms with Crippen LogP contribution in [0.5, 0.6) is 5.75 Å². The fourth-order valence-electron chi connectivity index (χ4n) is 5.52. The highest BCUT2D eigenvalue weighted by atomic mass is 32.2. The third kappa shape index (κ3) is 5.04. The van der Waals surface area contributed by atoms with Crippen molar-refractivity contribution < 1.29 is 27.1 Å². The number of thioether (sulfide) groups is 1. The number of H-pyrrole nitrogens is 1. The van der Waals surface area contributed by atoms with Gasteiger partial charge in [-0.25, -0.2) is 4.98 Å². The van der Waals surface area contributed by atoms with E-state index in [0.717, 1.165) is 40.4 Å². The van der Waals surface area contributed by atoms with Gasteiger partial charge in [0, 0.05) is 29.2 Å². The summed E-state index contributed by atoms with van der Waals surface area (Å²) in [4.78, 5) is 23.9. The number of nitrogens with one attached hydrogen (secondary N) is 1. The molecule has 6 nitrogen and oxygen atoms in total. The number of alkyl halides is 3. The van der Waals surface area contributed by atoms with Gasteiger partial charge in [0.1, 0.15) is 28.3 Å². The molecule has 1 amide bonds. The Labute approximate surface area is 244 Å². The second kappa shape index (κ2) is 11.2. The van der Waals surface area contributed by atoms with Crippen molar-refractivity contribution in [1.29, 1.82) is 0 Å². The van der Waals surface area contributed by atoms with Gasteiger partial charge in [0.25, 0.3) is 5.91 Å². The van der Waals surface area contributed by atoms with Crippen LogP contribution >= 0.6 is 11.8 Å². The molecule has 2 aromatic carbocycles.